The maximum atomic E-state index is 5.53. The first-order valence-electron chi connectivity index (χ1n) is 4.68. The van der Waals surface area contributed by atoms with Gasteiger partial charge in [-0.1, -0.05) is 0 Å². The quantitative estimate of drug-likeness (QED) is 0.655. The minimum atomic E-state index is -0.553. The summed E-state index contributed by atoms with van der Waals surface area (Å²) in [5.74, 6) is 0. The minimum Gasteiger partial charge on any atom is -0.386 e. The molecule has 1 unspecified atom stereocenters. The molecule has 1 rings (SSSR count). The van der Waals surface area contributed by atoms with Crippen LogP contribution in [0.25, 0.3) is 0 Å². The third kappa shape index (κ3) is 3.64. The first-order valence-corrected chi connectivity index (χ1v) is 4.68. The van der Waals surface area contributed by atoms with Crippen LogP contribution in [0.5, 0.6) is 0 Å². The minimum absolute atomic E-state index is 0.201. The smallest absolute Gasteiger partial charge is 0.386 e. The van der Waals surface area contributed by atoms with Gasteiger partial charge in [0.2, 0.25) is 0 Å². The van der Waals surface area contributed by atoms with Gasteiger partial charge >= 0.3 is 7.32 Å². The summed E-state index contributed by atoms with van der Waals surface area (Å²) in [7, 11) is -0.553. The largest absolute Gasteiger partial charge is 0.640 e. The Bertz CT molecular complexity index is 165. The van der Waals surface area contributed by atoms with Crippen molar-refractivity contribution >= 4 is 7.32 Å². The first-order chi connectivity index (χ1) is 6.03. The fraction of sp³-hybridized carbons (Fsp3) is 1.00. The zero-order valence-electron chi connectivity index (χ0n) is 8.58. The molecular formula is C8H18BNO3. The van der Waals surface area contributed by atoms with Gasteiger partial charge < -0.3 is 19.7 Å². The third-order valence-corrected chi connectivity index (χ3v) is 2.03. The number of hydrogen-bond acceptors (Lipinski definition) is 4. The normalized spacial score (nSPS) is 24.9. The lowest BCUT2D eigenvalue weighted by Crippen LogP contribution is -2.46. The molecule has 1 aliphatic rings. The highest BCUT2D eigenvalue weighted by Gasteiger charge is 2.34. The lowest BCUT2D eigenvalue weighted by molar-refractivity contribution is -0.0289. The van der Waals surface area contributed by atoms with Crippen LogP contribution >= 0.6 is 0 Å². The summed E-state index contributed by atoms with van der Waals surface area (Å²) in [6.45, 7) is 6.98. The van der Waals surface area contributed by atoms with E-state index < -0.39 is 7.32 Å². The zero-order chi connectivity index (χ0) is 9.90. The highest BCUT2D eigenvalue weighted by molar-refractivity contribution is 6.36. The molecule has 0 aromatic carbocycles. The molecule has 1 saturated heterocycles. The first kappa shape index (κ1) is 11.0. The van der Waals surface area contributed by atoms with Crippen molar-refractivity contribution in [3.05, 3.63) is 0 Å². The SMILES string of the molecule is CC1CCOB(OC(C)(C)CN)O1. The molecule has 1 fully saturated rings. The standard InChI is InChI=1S/C8H18BNO3/c1-7-4-5-11-9(12-7)13-8(2,3)6-10/h7H,4-6,10H2,1-3H3. The van der Waals surface area contributed by atoms with Crippen molar-refractivity contribution in [1.82, 2.24) is 0 Å². The van der Waals surface area contributed by atoms with Crippen LogP contribution in [0.15, 0.2) is 0 Å². The van der Waals surface area contributed by atoms with E-state index in [1.807, 2.05) is 20.8 Å². The Labute approximate surface area is 79.9 Å². The molecule has 1 aliphatic heterocycles. The molecule has 0 aromatic heterocycles. The Hall–Kier alpha value is -0.0951. The van der Waals surface area contributed by atoms with E-state index in [2.05, 4.69) is 0 Å². The van der Waals surface area contributed by atoms with E-state index in [4.69, 9.17) is 19.7 Å². The van der Waals surface area contributed by atoms with Crippen molar-refractivity contribution in [2.24, 2.45) is 5.73 Å². The molecule has 1 atom stereocenters. The van der Waals surface area contributed by atoms with Crippen molar-refractivity contribution in [2.45, 2.75) is 38.9 Å². The molecule has 0 amide bonds. The lowest BCUT2D eigenvalue weighted by atomic mass is 10.0. The van der Waals surface area contributed by atoms with E-state index in [1.165, 1.54) is 0 Å². The van der Waals surface area contributed by atoms with E-state index in [-0.39, 0.29) is 11.7 Å². The fourth-order valence-corrected chi connectivity index (χ4v) is 0.998. The Morgan fingerprint density at radius 2 is 2.31 bits per heavy atom. The van der Waals surface area contributed by atoms with E-state index in [1.54, 1.807) is 0 Å². The van der Waals surface area contributed by atoms with Crippen LogP contribution in [0.1, 0.15) is 27.2 Å². The van der Waals surface area contributed by atoms with Gasteiger partial charge in [-0.15, -0.1) is 0 Å². The summed E-state index contributed by atoms with van der Waals surface area (Å²) >= 11 is 0. The molecule has 13 heavy (non-hydrogen) atoms. The van der Waals surface area contributed by atoms with Crippen molar-refractivity contribution in [2.75, 3.05) is 13.2 Å². The Morgan fingerprint density at radius 1 is 1.62 bits per heavy atom. The lowest BCUT2D eigenvalue weighted by Gasteiger charge is -2.31. The average Bonchev–Trinajstić information content (AvgIpc) is 2.03. The van der Waals surface area contributed by atoms with Crippen LogP contribution < -0.4 is 5.73 Å². The van der Waals surface area contributed by atoms with Crippen LogP contribution in [-0.4, -0.2) is 32.2 Å². The van der Waals surface area contributed by atoms with E-state index in [0.717, 1.165) is 6.42 Å². The van der Waals surface area contributed by atoms with Gasteiger partial charge in [0.1, 0.15) is 0 Å². The maximum absolute atomic E-state index is 5.53. The number of hydrogen-bond donors (Lipinski definition) is 1. The van der Waals surface area contributed by atoms with E-state index in [0.29, 0.717) is 13.2 Å². The van der Waals surface area contributed by atoms with Gasteiger partial charge in [-0.2, -0.15) is 0 Å². The molecule has 0 radical (unpaired) electrons. The Kier molecular flexibility index (Phi) is 3.73. The fourth-order valence-electron chi connectivity index (χ4n) is 0.998. The summed E-state index contributed by atoms with van der Waals surface area (Å²) in [5, 5.41) is 0. The second kappa shape index (κ2) is 4.42. The summed E-state index contributed by atoms with van der Waals surface area (Å²) in [6, 6.07) is 0. The van der Waals surface area contributed by atoms with Crippen LogP contribution in [0.2, 0.25) is 0 Å². The van der Waals surface area contributed by atoms with Crippen LogP contribution in [0, 0.1) is 0 Å². The van der Waals surface area contributed by atoms with Crippen LogP contribution in [-0.2, 0) is 14.0 Å². The molecule has 1 heterocycles. The highest BCUT2D eigenvalue weighted by atomic mass is 16.7. The average molecular weight is 187 g/mol. The number of rotatable bonds is 3. The highest BCUT2D eigenvalue weighted by Crippen LogP contribution is 2.15. The second-order valence-electron chi connectivity index (χ2n) is 3.98. The van der Waals surface area contributed by atoms with Crippen molar-refractivity contribution < 1.29 is 14.0 Å². The van der Waals surface area contributed by atoms with Gasteiger partial charge in [0.25, 0.3) is 0 Å². The Balaban J connectivity index is 2.35. The molecule has 0 saturated carbocycles. The molecule has 5 heteroatoms. The van der Waals surface area contributed by atoms with Gasteiger partial charge in [-0.3, -0.25) is 0 Å². The molecule has 0 bridgehead atoms. The van der Waals surface area contributed by atoms with Crippen molar-refractivity contribution in [3.63, 3.8) is 0 Å². The summed E-state index contributed by atoms with van der Waals surface area (Å²) < 4.78 is 16.2. The predicted molar refractivity (Wildman–Crippen MR) is 51.1 cm³/mol. The van der Waals surface area contributed by atoms with E-state index >= 15 is 0 Å². The summed E-state index contributed by atoms with van der Waals surface area (Å²) in [6.07, 6.45) is 1.12. The van der Waals surface area contributed by atoms with Crippen LogP contribution in [0.3, 0.4) is 0 Å². The molecule has 76 valence electrons. The Morgan fingerprint density at radius 3 is 2.85 bits per heavy atom. The van der Waals surface area contributed by atoms with Crippen molar-refractivity contribution in [1.29, 1.82) is 0 Å². The maximum Gasteiger partial charge on any atom is 0.640 e. The van der Waals surface area contributed by atoms with Gasteiger partial charge in [-0.05, 0) is 27.2 Å². The second-order valence-corrected chi connectivity index (χ2v) is 3.98. The topological polar surface area (TPSA) is 53.7 Å². The van der Waals surface area contributed by atoms with Crippen LogP contribution in [0.4, 0.5) is 0 Å². The zero-order valence-corrected chi connectivity index (χ0v) is 8.58. The predicted octanol–water partition coefficient (Wildman–Crippen LogP) is 0.551. The third-order valence-electron chi connectivity index (χ3n) is 2.03. The number of nitrogens with two attached hydrogens (primary N) is 1. The molecular weight excluding hydrogens is 169 g/mol. The van der Waals surface area contributed by atoms with Gasteiger partial charge in [0, 0.05) is 19.3 Å². The molecule has 2 N–H and O–H groups in total. The summed E-state index contributed by atoms with van der Waals surface area (Å²) in [5.41, 5.74) is 5.13. The molecule has 0 spiro atoms. The van der Waals surface area contributed by atoms with Gasteiger partial charge in [0.15, 0.2) is 0 Å². The molecule has 0 aliphatic carbocycles. The van der Waals surface area contributed by atoms with E-state index in [9.17, 15) is 0 Å². The van der Waals surface area contributed by atoms with Gasteiger partial charge in [0.05, 0.1) is 5.60 Å². The monoisotopic (exact) mass is 187 g/mol. The molecule has 0 aromatic rings. The summed E-state index contributed by atoms with van der Waals surface area (Å²) in [4.78, 5) is 0. The molecule has 4 nitrogen and oxygen atoms in total. The van der Waals surface area contributed by atoms with Gasteiger partial charge in [-0.25, -0.2) is 0 Å². The van der Waals surface area contributed by atoms with Crippen molar-refractivity contribution in [3.8, 4) is 0 Å².